The van der Waals surface area contributed by atoms with Crippen LogP contribution in [0.5, 0.6) is 0 Å². The molecule has 1 saturated heterocycles. The zero-order valence-electron chi connectivity index (χ0n) is 18.3. The second-order valence-electron chi connectivity index (χ2n) is 8.42. The van der Waals surface area contributed by atoms with Crippen LogP contribution in [0.3, 0.4) is 0 Å². The highest BCUT2D eigenvalue weighted by Crippen LogP contribution is 2.27. The van der Waals surface area contributed by atoms with Gasteiger partial charge >= 0.3 is 0 Å². The number of aryl methyl sites for hydroxylation is 1. The lowest BCUT2D eigenvalue weighted by Gasteiger charge is -2.34. The summed E-state index contributed by atoms with van der Waals surface area (Å²) in [5.41, 5.74) is 4.42. The molecular weight excluding hydrogens is 396 g/mol. The number of carbonyl (C=O) groups is 1. The lowest BCUT2D eigenvalue weighted by atomic mass is 10.1. The smallest absolute Gasteiger partial charge is 0.223 e. The summed E-state index contributed by atoms with van der Waals surface area (Å²) in [5, 5.41) is 5.68. The van der Waals surface area contributed by atoms with Crippen molar-refractivity contribution >= 4 is 32.7 Å². The first-order valence-corrected chi connectivity index (χ1v) is 11.5. The van der Waals surface area contributed by atoms with E-state index in [4.69, 9.17) is 4.98 Å². The van der Waals surface area contributed by atoms with Crippen molar-refractivity contribution in [3.8, 4) is 0 Å². The maximum absolute atomic E-state index is 12.8. The van der Waals surface area contributed by atoms with Crippen molar-refractivity contribution in [3.05, 3.63) is 35.3 Å². The van der Waals surface area contributed by atoms with Gasteiger partial charge in [-0.25, -0.2) is 9.97 Å². The first kappa shape index (κ1) is 20.8. The third-order valence-corrected chi connectivity index (χ3v) is 6.76. The molecule has 1 aliphatic heterocycles. The molecule has 4 rings (SSSR count). The lowest BCUT2D eigenvalue weighted by molar-refractivity contribution is -0.131. The predicted molar refractivity (Wildman–Crippen MR) is 121 cm³/mol. The summed E-state index contributed by atoms with van der Waals surface area (Å²) < 4.78 is 2.09. The summed E-state index contributed by atoms with van der Waals surface area (Å²) in [6.45, 7) is 12.6. The van der Waals surface area contributed by atoms with Gasteiger partial charge in [-0.1, -0.05) is 25.2 Å². The number of carbonyl (C=O) groups excluding carboxylic acids is 1. The van der Waals surface area contributed by atoms with E-state index >= 15 is 0 Å². The molecular formula is C22H30N6OS. The Morgan fingerprint density at radius 3 is 2.67 bits per heavy atom. The predicted octanol–water partition coefficient (Wildman–Crippen LogP) is 3.44. The molecule has 0 aromatic carbocycles. The molecule has 3 aromatic heterocycles. The van der Waals surface area contributed by atoms with Gasteiger partial charge in [-0.15, -0.1) is 0 Å². The van der Waals surface area contributed by atoms with Gasteiger partial charge in [0.15, 0.2) is 5.13 Å². The van der Waals surface area contributed by atoms with Crippen LogP contribution in [0.2, 0.25) is 0 Å². The van der Waals surface area contributed by atoms with E-state index < -0.39 is 0 Å². The van der Waals surface area contributed by atoms with Gasteiger partial charge in [0.2, 0.25) is 5.91 Å². The SMILES string of the molecule is Cc1nn(CC(C)C)c(C)c1CCC(=O)N1CCN(c2nc3cccnc3s2)CC1. The van der Waals surface area contributed by atoms with E-state index in [9.17, 15) is 4.79 Å². The van der Waals surface area contributed by atoms with E-state index in [1.54, 1.807) is 17.5 Å². The molecule has 4 heterocycles. The van der Waals surface area contributed by atoms with E-state index in [2.05, 4.69) is 47.4 Å². The topological polar surface area (TPSA) is 67.2 Å². The zero-order valence-corrected chi connectivity index (χ0v) is 19.1. The summed E-state index contributed by atoms with van der Waals surface area (Å²) in [7, 11) is 0. The Kier molecular flexibility index (Phi) is 6.04. The van der Waals surface area contributed by atoms with Crippen molar-refractivity contribution in [1.82, 2.24) is 24.6 Å². The van der Waals surface area contributed by atoms with Gasteiger partial charge in [0, 0.05) is 51.0 Å². The third-order valence-electron chi connectivity index (χ3n) is 5.72. The van der Waals surface area contributed by atoms with Gasteiger partial charge in [-0.3, -0.25) is 9.48 Å². The number of anilines is 1. The van der Waals surface area contributed by atoms with Crippen LogP contribution in [0.15, 0.2) is 18.3 Å². The average molecular weight is 427 g/mol. The first-order chi connectivity index (χ1) is 14.4. The maximum atomic E-state index is 12.8. The quantitative estimate of drug-likeness (QED) is 0.604. The number of fused-ring (bicyclic) bond motifs is 1. The molecule has 0 N–H and O–H groups in total. The van der Waals surface area contributed by atoms with Crippen LogP contribution in [0.4, 0.5) is 5.13 Å². The Hall–Kier alpha value is -2.48. The summed E-state index contributed by atoms with van der Waals surface area (Å²) in [4.78, 5) is 27.1. The number of piperazine rings is 1. The van der Waals surface area contributed by atoms with E-state index in [1.165, 1.54) is 11.3 Å². The number of nitrogens with zero attached hydrogens (tertiary/aromatic N) is 6. The second-order valence-corrected chi connectivity index (χ2v) is 9.37. The molecule has 0 aliphatic carbocycles. The van der Waals surface area contributed by atoms with Crippen LogP contribution < -0.4 is 4.90 Å². The van der Waals surface area contributed by atoms with Crippen molar-refractivity contribution in [1.29, 1.82) is 0 Å². The fraction of sp³-hybridized carbons (Fsp3) is 0.545. The van der Waals surface area contributed by atoms with Gasteiger partial charge in [-0.2, -0.15) is 5.10 Å². The molecule has 0 bridgehead atoms. The minimum atomic E-state index is 0.232. The Morgan fingerprint density at radius 1 is 1.20 bits per heavy atom. The van der Waals surface area contributed by atoms with Crippen molar-refractivity contribution in [2.75, 3.05) is 31.1 Å². The second kappa shape index (κ2) is 8.71. The van der Waals surface area contributed by atoms with Gasteiger partial charge in [0.25, 0.3) is 0 Å². The fourth-order valence-corrected chi connectivity index (χ4v) is 5.01. The molecule has 7 nitrogen and oxygen atoms in total. The molecule has 0 unspecified atom stereocenters. The summed E-state index contributed by atoms with van der Waals surface area (Å²) in [6, 6.07) is 3.91. The summed E-state index contributed by atoms with van der Waals surface area (Å²) in [5.74, 6) is 0.788. The number of hydrogen-bond donors (Lipinski definition) is 0. The molecule has 0 saturated carbocycles. The molecule has 8 heteroatoms. The number of rotatable bonds is 6. The average Bonchev–Trinajstić information content (AvgIpc) is 3.27. The molecule has 30 heavy (non-hydrogen) atoms. The molecule has 0 radical (unpaired) electrons. The molecule has 1 amide bonds. The van der Waals surface area contributed by atoms with Gasteiger partial charge in [-0.05, 0) is 43.9 Å². The number of pyridine rings is 1. The van der Waals surface area contributed by atoms with Crippen LogP contribution in [0.25, 0.3) is 10.3 Å². The van der Waals surface area contributed by atoms with Crippen molar-refractivity contribution in [3.63, 3.8) is 0 Å². The zero-order chi connectivity index (χ0) is 21.3. The highest BCUT2D eigenvalue weighted by atomic mass is 32.1. The standard InChI is InChI=1S/C22H30N6OS/c1-15(2)14-28-17(4)18(16(3)25-28)7-8-20(29)26-10-12-27(13-11-26)22-24-19-6-5-9-23-21(19)30-22/h5-6,9,15H,7-8,10-14H2,1-4H3. The van der Waals surface area contributed by atoms with E-state index in [-0.39, 0.29) is 5.91 Å². The first-order valence-electron chi connectivity index (χ1n) is 10.7. The number of amides is 1. The monoisotopic (exact) mass is 426 g/mol. The third kappa shape index (κ3) is 4.33. The Bertz CT molecular complexity index is 999. The molecule has 0 spiro atoms. The highest BCUT2D eigenvalue weighted by Gasteiger charge is 2.24. The molecule has 1 fully saturated rings. The van der Waals surface area contributed by atoms with Gasteiger partial charge in [0.05, 0.1) is 5.69 Å². The van der Waals surface area contributed by atoms with Crippen LogP contribution >= 0.6 is 11.3 Å². The van der Waals surface area contributed by atoms with E-state index in [0.29, 0.717) is 12.3 Å². The van der Waals surface area contributed by atoms with Gasteiger partial charge < -0.3 is 9.80 Å². The number of aromatic nitrogens is 4. The van der Waals surface area contributed by atoms with Crippen LogP contribution in [0, 0.1) is 19.8 Å². The van der Waals surface area contributed by atoms with Crippen LogP contribution in [-0.4, -0.2) is 56.7 Å². The fourth-order valence-electron chi connectivity index (χ4n) is 4.05. The molecule has 3 aromatic rings. The minimum Gasteiger partial charge on any atom is -0.344 e. The highest BCUT2D eigenvalue weighted by molar-refractivity contribution is 7.21. The molecule has 0 atom stereocenters. The van der Waals surface area contributed by atoms with Crippen LogP contribution in [0.1, 0.15) is 37.2 Å². The van der Waals surface area contributed by atoms with Crippen molar-refractivity contribution < 1.29 is 4.79 Å². The van der Waals surface area contributed by atoms with Crippen LogP contribution in [-0.2, 0) is 17.8 Å². The Morgan fingerprint density at radius 2 is 1.97 bits per heavy atom. The normalized spacial score (nSPS) is 14.8. The lowest BCUT2D eigenvalue weighted by Crippen LogP contribution is -2.48. The number of thiazole rings is 1. The van der Waals surface area contributed by atoms with E-state index in [0.717, 1.165) is 60.3 Å². The molecule has 1 aliphatic rings. The van der Waals surface area contributed by atoms with Crippen molar-refractivity contribution in [2.45, 2.75) is 47.1 Å². The Balaban J connectivity index is 1.32. The number of hydrogen-bond acceptors (Lipinski definition) is 6. The van der Waals surface area contributed by atoms with E-state index in [1.807, 2.05) is 17.0 Å². The maximum Gasteiger partial charge on any atom is 0.223 e. The summed E-state index contributed by atoms with van der Waals surface area (Å²) >= 11 is 1.62. The largest absolute Gasteiger partial charge is 0.344 e. The van der Waals surface area contributed by atoms with Gasteiger partial charge in [0.1, 0.15) is 10.3 Å². The minimum absolute atomic E-state index is 0.232. The molecule has 160 valence electrons. The van der Waals surface area contributed by atoms with Crippen molar-refractivity contribution in [2.24, 2.45) is 5.92 Å². The summed E-state index contributed by atoms with van der Waals surface area (Å²) in [6.07, 6.45) is 3.11. The Labute approximate surface area is 181 Å².